The molecule has 2 aromatic rings. The Balaban J connectivity index is 2.54. The molecule has 0 unspecified atom stereocenters. The van der Waals surface area contributed by atoms with Gasteiger partial charge in [0, 0.05) is 27.2 Å². The van der Waals surface area contributed by atoms with Gasteiger partial charge in [0.15, 0.2) is 0 Å². The number of nitro groups is 1. The van der Waals surface area contributed by atoms with E-state index in [1.807, 2.05) is 22.6 Å². The van der Waals surface area contributed by atoms with Crippen LogP contribution in [0.1, 0.15) is 25.0 Å². The van der Waals surface area contributed by atoms with Gasteiger partial charge in [0.1, 0.15) is 11.5 Å². The molecule has 5 nitrogen and oxygen atoms in total. The molecule has 2 rings (SSSR count). The van der Waals surface area contributed by atoms with Crippen LogP contribution in [-0.4, -0.2) is 16.4 Å². The van der Waals surface area contributed by atoms with Gasteiger partial charge in [-0.1, -0.05) is 13.8 Å². The lowest BCUT2D eigenvalue weighted by Crippen LogP contribution is -2.21. The van der Waals surface area contributed by atoms with Crippen molar-refractivity contribution in [3.05, 3.63) is 61.2 Å². The molecule has 0 aromatic heterocycles. The van der Waals surface area contributed by atoms with Crippen molar-refractivity contribution in [2.24, 2.45) is 0 Å². The quantitative estimate of drug-likeness (QED) is 0.385. The lowest BCUT2D eigenvalue weighted by Gasteiger charge is -2.27. The van der Waals surface area contributed by atoms with Gasteiger partial charge in [-0.25, -0.2) is 0 Å². The number of aromatic hydroxyl groups is 1. The van der Waals surface area contributed by atoms with Crippen LogP contribution in [0.4, 0.5) is 18.9 Å². The number of rotatable bonds is 4. The Labute approximate surface area is 154 Å². The van der Waals surface area contributed by atoms with Crippen LogP contribution in [0.3, 0.4) is 0 Å². The van der Waals surface area contributed by atoms with Crippen LogP contribution < -0.4 is 4.74 Å². The summed E-state index contributed by atoms with van der Waals surface area (Å²) in [5, 5.41) is 20.8. The van der Waals surface area contributed by atoms with Crippen LogP contribution >= 0.6 is 22.6 Å². The van der Waals surface area contributed by atoms with Crippen molar-refractivity contribution in [3.8, 4) is 11.5 Å². The molecule has 25 heavy (non-hydrogen) atoms. The number of non-ortho nitro benzene ring substituents is 1. The average Bonchev–Trinajstić information content (AvgIpc) is 2.43. The van der Waals surface area contributed by atoms with Crippen LogP contribution in [0.25, 0.3) is 0 Å². The summed E-state index contributed by atoms with van der Waals surface area (Å²) in [6, 6.07) is 7.75. The van der Waals surface area contributed by atoms with Crippen LogP contribution in [-0.2, 0) is 5.41 Å². The first-order valence-corrected chi connectivity index (χ1v) is 8.02. The highest BCUT2D eigenvalue weighted by atomic mass is 127. The first-order chi connectivity index (χ1) is 11.4. The highest BCUT2D eigenvalue weighted by Crippen LogP contribution is 2.38. The highest BCUT2D eigenvalue weighted by Gasteiger charge is 2.33. The van der Waals surface area contributed by atoms with E-state index in [0.717, 1.165) is 12.1 Å². The molecule has 0 saturated carbocycles. The summed E-state index contributed by atoms with van der Waals surface area (Å²) in [5.74, 6) is -0.958. The molecule has 0 fully saturated rings. The zero-order valence-electron chi connectivity index (χ0n) is 13.1. The number of alkyl halides is 3. The summed E-state index contributed by atoms with van der Waals surface area (Å²) >= 11 is 1.93. The van der Waals surface area contributed by atoms with Crippen LogP contribution in [0.5, 0.6) is 11.5 Å². The molecule has 0 aliphatic rings. The van der Waals surface area contributed by atoms with Gasteiger partial charge in [0.2, 0.25) is 0 Å². The summed E-state index contributed by atoms with van der Waals surface area (Å²) in [7, 11) is 0. The molecule has 0 aliphatic heterocycles. The monoisotopic (exact) mass is 467 g/mol. The summed E-state index contributed by atoms with van der Waals surface area (Å²) in [5.41, 5.74) is -0.186. The Morgan fingerprint density at radius 2 is 1.68 bits per heavy atom. The zero-order chi connectivity index (χ0) is 19.0. The summed E-state index contributed by atoms with van der Waals surface area (Å²) in [6.07, 6.45) is -4.89. The van der Waals surface area contributed by atoms with Gasteiger partial charge in [0.25, 0.3) is 5.69 Å². The number of phenolic OH excluding ortho intramolecular Hbond substituents is 1. The van der Waals surface area contributed by atoms with E-state index in [1.54, 1.807) is 19.9 Å². The predicted octanol–water partition coefficient (Wildman–Crippen LogP) is 5.13. The number of benzene rings is 2. The molecule has 0 saturated heterocycles. The number of hydrogen-bond acceptors (Lipinski definition) is 4. The van der Waals surface area contributed by atoms with Crippen molar-refractivity contribution >= 4 is 28.3 Å². The second-order valence-electron chi connectivity index (χ2n) is 5.84. The molecule has 9 heteroatoms. The van der Waals surface area contributed by atoms with E-state index < -0.39 is 28.2 Å². The van der Waals surface area contributed by atoms with Gasteiger partial charge in [-0.05, 0) is 51.9 Å². The second kappa shape index (κ2) is 6.70. The summed E-state index contributed by atoms with van der Waals surface area (Å²) in [6.45, 7) is 3.38. The van der Waals surface area contributed by atoms with Crippen molar-refractivity contribution in [2.75, 3.05) is 0 Å². The maximum atomic E-state index is 12.4. The van der Waals surface area contributed by atoms with Crippen molar-refractivity contribution in [3.63, 3.8) is 0 Å². The third kappa shape index (κ3) is 4.74. The first-order valence-electron chi connectivity index (χ1n) is 6.94. The van der Waals surface area contributed by atoms with Gasteiger partial charge in [-0.2, -0.15) is 0 Å². The minimum atomic E-state index is -4.89. The van der Waals surface area contributed by atoms with Crippen molar-refractivity contribution in [1.82, 2.24) is 0 Å². The topological polar surface area (TPSA) is 72.6 Å². The Bertz CT molecular complexity index is 822. The lowest BCUT2D eigenvalue weighted by molar-refractivity contribution is -0.385. The minimum absolute atomic E-state index is 0.123. The van der Waals surface area contributed by atoms with Gasteiger partial charge < -0.3 is 9.84 Å². The molecule has 1 N–H and O–H groups in total. The number of nitrogens with zero attached hydrogens (tertiary/aromatic N) is 1. The number of nitro benzene ring substituents is 1. The van der Waals surface area contributed by atoms with E-state index in [0.29, 0.717) is 14.7 Å². The molecule has 134 valence electrons. The SMILES string of the molecule is CC(C)(c1cc(O)cc(OC(F)(F)F)c1)c1cc(I)cc([N+](=O)[O-])c1. The normalized spacial score (nSPS) is 12.1. The fourth-order valence-corrected chi connectivity index (χ4v) is 3.00. The molecule has 0 heterocycles. The Morgan fingerprint density at radius 3 is 2.24 bits per heavy atom. The van der Waals surface area contributed by atoms with Crippen LogP contribution in [0.2, 0.25) is 0 Å². The molecule has 0 atom stereocenters. The maximum absolute atomic E-state index is 12.4. The number of ether oxygens (including phenoxy) is 1. The van der Waals surface area contributed by atoms with Crippen LogP contribution in [0, 0.1) is 13.7 Å². The maximum Gasteiger partial charge on any atom is 0.573 e. The third-order valence-corrected chi connectivity index (χ3v) is 4.28. The second-order valence-corrected chi connectivity index (χ2v) is 7.09. The molecular formula is C16H13F3INO4. The van der Waals surface area contributed by atoms with Gasteiger partial charge >= 0.3 is 6.36 Å². The van der Waals surface area contributed by atoms with E-state index in [4.69, 9.17) is 0 Å². The largest absolute Gasteiger partial charge is 0.573 e. The highest BCUT2D eigenvalue weighted by molar-refractivity contribution is 14.1. The van der Waals surface area contributed by atoms with Crippen molar-refractivity contribution in [1.29, 1.82) is 0 Å². The molecule has 0 amide bonds. The minimum Gasteiger partial charge on any atom is -0.508 e. The predicted molar refractivity (Wildman–Crippen MR) is 92.7 cm³/mol. The van der Waals surface area contributed by atoms with E-state index >= 15 is 0 Å². The van der Waals surface area contributed by atoms with Crippen LogP contribution in [0.15, 0.2) is 36.4 Å². The molecular weight excluding hydrogens is 454 g/mol. The van der Waals surface area contributed by atoms with E-state index in [2.05, 4.69) is 4.74 Å². The number of halogens is 4. The van der Waals surface area contributed by atoms with E-state index in [9.17, 15) is 28.4 Å². The standard InChI is InChI=1S/C16H13F3INO4/c1-15(2,9-3-11(20)7-12(4-9)21(23)24)10-5-13(22)8-14(6-10)25-16(17,18)19/h3-8,22H,1-2H3. The summed E-state index contributed by atoms with van der Waals surface area (Å²) < 4.78 is 41.8. The lowest BCUT2D eigenvalue weighted by atomic mass is 9.78. The number of phenols is 1. The fourth-order valence-electron chi connectivity index (χ4n) is 2.34. The summed E-state index contributed by atoms with van der Waals surface area (Å²) in [4.78, 5) is 10.5. The molecule has 0 radical (unpaired) electrons. The van der Waals surface area contributed by atoms with Crippen molar-refractivity contribution < 1.29 is 27.9 Å². The van der Waals surface area contributed by atoms with Gasteiger partial charge in [-0.3, -0.25) is 10.1 Å². The Hall–Kier alpha value is -2.04. The molecule has 0 aliphatic carbocycles. The molecule has 0 bridgehead atoms. The first kappa shape index (κ1) is 19.3. The third-order valence-electron chi connectivity index (χ3n) is 3.66. The average molecular weight is 467 g/mol. The van der Waals surface area contributed by atoms with E-state index in [1.165, 1.54) is 18.2 Å². The smallest absolute Gasteiger partial charge is 0.508 e. The van der Waals surface area contributed by atoms with Crippen molar-refractivity contribution in [2.45, 2.75) is 25.6 Å². The van der Waals surface area contributed by atoms with Gasteiger partial charge in [-0.15, -0.1) is 13.2 Å². The zero-order valence-corrected chi connectivity index (χ0v) is 15.3. The Kier molecular flexibility index (Phi) is 5.17. The fraction of sp³-hybridized carbons (Fsp3) is 0.250. The number of hydrogen-bond donors (Lipinski definition) is 1. The van der Waals surface area contributed by atoms with Gasteiger partial charge in [0.05, 0.1) is 4.92 Å². The Morgan fingerprint density at radius 1 is 1.08 bits per heavy atom. The molecule has 2 aromatic carbocycles. The van der Waals surface area contributed by atoms with E-state index in [-0.39, 0.29) is 5.69 Å². The molecule has 0 spiro atoms.